The minimum absolute atomic E-state index is 0.231. The fourth-order valence-electron chi connectivity index (χ4n) is 1.65. The Kier molecular flexibility index (Phi) is 7.15. The molecular weight excluding hydrogens is 289 g/mol. The van der Waals surface area contributed by atoms with Crippen LogP contribution in [0.15, 0.2) is 24.3 Å². The van der Waals surface area contributed by atoms with Crippen molar-refractivity contribution in [3.63, 3.8) is 0 Å². The zero-order valence-corrected chi connectivity index (χ0v) is 13.0. The van der Waals surface area contributed by atoms with E-state index in [1.165, 1.54) is 24.3 Å². The van der Waals surface area contributed by atoms with Crippen LogP contribution in [0.5, 0.6) is 5.75 Å². The molecule has 0 aromatic heterocycles. The first-order chi connectivity index (χ1) is 10.4. The lowest BCUT2D eigenvalue weighted by Gasteiger charge is -2.18. The average Bonchev–Trinajstić information content (AvgIpc) is 2.46. The van der Waals surface area contributed by atoms with Crippen molar-refractivity contribution in [2.24, 2.45) is 0 Å². The van der Waals surface area contributed by atoms with Gasteiger partial charge in [0.25, 0.3) is 0 Å². The smallest absolute Gasteiger partial charge is 0.315 e. The summed E-state index contributed by atoms with van der Waals surface area (Å²) in [7, 11) is 0. The van der Waals surface area contributed by atoms with Crippen molar-refractivity contribution < 1.29 is 18.7 Å². The van der Waals surface area contributed by atoms with E-state index >= 15 is 0 Å². The van der Waals surface area contributed by atoms with Gasteiger partial charge in [-0.15, -0.1) is 0 Å². The second-order valence-corrected chi connectivity index (χ2v) is 4.90. The highest BCUT2D eigenvalue weighted by Gasteiger charge is 2.15. The maximum atomic E-state index is 12.7. The van der Waals surface area contributed by atoms with Crippen LogP contribution in [-0.2, 0) is 4.79 Å². The molecule has 0 fully saturated rings. The molecule has 1 aromatic carbocycles. The predicted molar refractivity (Wildman–Crippen MR) is 81.2 cm³/mol. The van der Waals surface area contributed by atoms with Crippen LogP contribution < -0.4 is 20.7 Å². The van der Waals surface area contributed by atoms with E-state index < -0.39 is 12.1 Å². The highest BCUT2D eigenvalue weighted by molar-refractivity contribution is 5.86. The second-order valence-electron chi connectivity index (χ2n) is 4.90. The van der Waals surface area contributed by atoms with E-state index in [1.807, 2.05) is 0 Å². The maximum absolute atomic E-state index is 12.7. The Hall–Kier alpha value is -2.31. The molecular formula is C15H22FN3O3. The number of carbonyl (C=O) groups is 2. The largest absolute Gasteiger partial charge is 0.491 e. The van der Waals surface area contributed by atoms with Crippen LogP contribution in [0.25, 0.3) is 0 Å². The fourth-order valence-corrected chi connectivity index (χ4v) is 1.65. The van der Waals surface area contributed by atoms with Crippen LogP contribution in [0, 0.1) is 5.82 Å². The van der Waals surface area contributed by atoms with E-state index in [2.05, 4.69) is 16.0 Å². The number of hydrogen-bond acceptors (Lipinski definition) is 3. The van der Waals surface area contributed by atoms with Gasteiger partial charge in [0.2, 0.25) is 5.91 Å². The van der Waals surface area contributed by atoms with E-state index in [-0.39, 0.29) is 24.4 Å². The SMILES string of the molecule is CCNC(=O)[C@@H](C)NC(=O)N[C@@H](C)COc1ccc(F)cc1. The molecule has 122 valence electrons. The molecule has 0 saturated heterocycles. The Morgan fingerprint density at radius 1 is 1.18 bits per heavy atom. The monoisotopic (exact) mass is 311 g/mol. The minimum atomic E-state index is -0.620. The highest BCUT2D eigenvalue weighted by Crippen LogP contribution is 2.11. The number of likely N-dealkylation sites (N-methyl/N-ethyl adjacent to an activating group) is 1. The van der Waals surface area contributed by atoms with Gasteiger partial charge in [0.05, 0.1) is 6.04 Å². The topological polar surface area (TPSA) is 79.5 Å². The molecule has 1 aromatic rings. The predicted octanol–water partition coefficient (Wildman–Crippen LogP) is 1.42. The van der Waals surface area contributed by atoms with Gasteiger partial charge in [0.1, 0.15) is 24.2 Å². The van der Waals surface area contributed by atoms with Crippen LogP contribution in [0.4, 0.5) is 9.18 Å². The number of halogens is 1. The first kappa shape index (κ1) is 17.7. The Morgan fingerprint density at radius 3 is 2.41 bits per heavy atom. The summed E-state index contributed by atoms with van der Waals surface area (Å²) in [6.07, 6.45) is 0. The van der Waals surface area contributed by atoms with Gasteiger partial charge in [-0.1, -0.05) is 0 Å². The first-order valence-electron chi connectivity index (χ1n) is 7.15. The summed E-state index contributed by atoms with van der Waals surface area (Å²) in [6, 6.07) is 4.28. The molecule has 3 amide bonds. The molecule has 0 saturated carbocycles. The van der Waals surface area contributed by atoms with Gasteiger partial charge >= 0.3 is 6.03 Å². The zero-order chi connectivity index (χ0) is 16.5. The molecule has 1 rings (SSSR count). The normalized spacial score (nSPS) is 12.9. The molecule has 0 aliphatic rings. The summed E-state index contributed by atoms with van der Waals surface area (Å²) >= 11 is 0. The summed E-state index contributed by atoms with van der Waals surface area (Å²) in [5.74, 6) is -0.0590. The molecule has 2 atom stereocenters. The van der Waals surface area contributed by atoms with Gasteiger partial charge < -0.3 is 20.7 Å². The van der Waals surface area contributed by atoms with Crippen molar-refractivity contribution in [1.29, 1.82) is 0 Å². The zero-order valence-electron chi connectivity index (χ0n) is 13.0. The third kappa shape index (κ3) is 6.43. The van der Waals surface area contributed by atoms with E-state index in [0.717, 1.165) is 0 Å². The molecule has 0 radical (unpaired) electrons. The van der Waals surface area contributed by atoms with Gasteiger partial charge in [0.15, 0.2) is 0 Å². The van der Waals surface area contributed by atoms with Crippen molar-refractivity contribution >= 4 is 11.9 Å². The number of ether oxygens (including phenoxy) is 1. The highest BCUT2D eigenvalue weighted by atomic mass is 19.1. The average molecular weight is 311 g/mol. The molecule has 0 aliphatic heterocycles. The maximum Gasteiger partial charge on any atom is 0.315 e. The van der Waals surface area contributed by atoms with Crippen molar-refractivity contribution in [3.05, 3.63) is 30.1 Å². The number of hydrogen-bond donors (Lipinski definition) is 3. The molecule has 0 heterocycles. The van der Waals surface area contributed by atoms with E-state index in [4.69, 9.17) is 4.74 Å². The summed E-state index contributed by atoms with van der Waals surface area (Å²) in [5.41, 5.74) is 0. The standard InChI is InChI=1S/C15H22FN3O3/c1-4-17-14(20)11(3)19-15(21)18-10(2)9-22-13-7-5-12(16)6-8-13/h5-8,10-11H,4,9H2,1-3H3,(H,17,20)(H2,18,19,21)/t10-,11+/m0/s1. The van der Waals surface area contributed by atoms with E-state index in [9.17, 15) is 14.0 Å². The number of carbonyl (C=O) groups excluding carboxylic acids is 2. The fraction of sp³-hybridized carbons (Fsp3) is 0.467. The third-order valence-corrected chi connectivity index (χ3v) is 2.78. The van der Waals surface area contributed by atoms with Crippen molar-refractivity contribution in [1.82, 2.24) is 16.0 Å². The van der Waals surface area contributed by atoms with Crippen LogP contribution in [-0.4, -0.2) is 37.2 Å². The number of rotatable bonds is 7. The van der Waals surface area contributed by atoms with Gasteiger partial charge in [-0.05, 0) is 45.0 Å². The molecule has 0 spiro atoms. The second kappa shape index (κ2) is 8.86. The van der Waals surface area contributed by atoms with Crippen LogP contribution in [0.1, 0.15) is 20.8 Å². The molecule has 22 heavy (non-hydrogen) atoms. The quantitative estimate of drug-likeness (QED) is 0.712. The molecule has 3 N–H and O–H groups in total. The van der Waals surface area contributed by atoms with Crippen LogP contribution in [0.3, 0.4) is 0 Å². The number of amides is 3. The van der Waals surface area contributed by atoms with Crippen molar-refractivity contribution in [2.75, 3.05) is 13.2 Å². The Labute approximate surface area is 129 Å². The summed E-state index contributed by atoms with van der Waals surface area (Å²) in [6.45, 7) is 5.91. The summed E-state index contributed by atoms with van der Waals surface area (Å²) < 4.78 is 18.2. The van der Waals surface area contributed by atoms with E-state index in [0.29, 0.717) is 12.3 Å². The van der Waals surface area contributed by atoms with Gasteiger partial charge in [-0.2, -0.15) is 0 Å². The van der Waals surface area contributed by atoms with Gasteiger partial charge in [0, 0.05) is 6.54 Å². The lowest BCUT2D eigenvalue weighted by Crippen LogP contribution is -2.51. The number of urea groups is 1. The Morgan fingerprint density at radius 2 is 1.82 bits per heavy atom. The van der Waals surface area contributed by atoms with E-state index in [1.54, 1.807) is 20.8 Å². The molecule has 7 heteroatoms. The van der Waals surface area contributed by atoms with Crippen LogP contribution in [0.2, 0.25) is 0 Å². The number of nitrogens with one attached hydrogen (secondary N) is 3. The lowest BCUT2D eigenvalue weighted by molar-refractivity contribution is -0.122. The summed E-state index contributed by atoms with van der Waals surface area (Å²) in [5, 5.41) is 7.81. The van der Waals surface area contributed by atoms with Crippen molar-refractivity contribution in [3.8, 4) is 5.75 Å². The Bertz CT molecular complexity index is 493. The van der Waals surface area contributed by atoms with Crippen molar-refractivity contribution in [2.45, 2.75) is 32.9 Å². The Balaban J connectivity index is 2.31. The first-order valence-corrected chi connectivity index (χ1v) is 7.15. The molecule has 0 bridgehead atoms. The van der Waals surface area contributed by atoms with Crippen LogP contribution >= 0.6 is 0 Å². The van der Waals surface area contributed by atoms with Gasteiger partial charge in [-0.3, -0.25) is 4.79 Å². The molecule has 0 unspecified atom stereocenters. The lowest BCUT2D eigenvalue weighted by atomic mass is 10.3. The summed E-state index contributed by atoms with van der Waals surface area (Å²) in [4.78, 5) is 23.2. The van der Waals surface area contributed by atoms with Gasteiger partial charge in [-0.25, -0.2) is 9.18 Å². The minimum Gasteiger partial charge on any atom is -0.491 e. The number of benzene rings is 1. The third-order valence-electron chi connectivity index (χ3n) is 2.78. The molecule has 0 aliphatic carbocycles. The molecule has 6 nitrogen and oxygen atoms in total.